The quantitative estimate of drug-likeness (QED) is 0.620. The molecule has 2 aromatic heterocycles. The number of carbonyl (C=O) groups excluding carboxylic acids is 1. The Morgan fingerprint density at radius 3 is 2.68 bits per heavy atom. The number of hydrogen-bond acceptors (Lipinski definition) is 7. The second kappa shape index (κ2) is 7.91. The van der Waals surface area contributed by atoms with E-state index in [1.54, 1.807) is 12.4 Å². The van der Waals surface area contributed by atoms with Crippen molar-refractivity contribution < 1.29 is 9.21 Å². The van der Waals surface area contributed by atoms with Crippen molar-refractivity contribution in [3.05, 3.63) is 59.9 Å². The number of primary amides is 1. The Hall–Kier alpha value is -2.71. The lowest BCUT2D eigenvalue weighted by Crippen LogP contribution is -2.38. The van der Waals surface area contributed by atoms with Gasteiger partial charge in [-0.3, -0.25) is 9.78 Å². The number of benzene rings is 1. The van der Waals surface area contributed by atoms with Gasteiger partial charge in [-0.05, 0) is 29.7 Å². The van der Waals surface area contributed by atoms with Crippen LogP contribution in [0.25, 0.3) is 11.5 Å². The van der Waals surface area contributed by atoms with E-state index in [4.69, 9.17) is 15.9 Å². The van der Waals surface area contributed by atoms with Gasteiger partial charge in [0.1, 0.15) is 0 Å². The molecule has 128 valence electrons. The van der Waals surface area contributed by atoms with Gasteiger partial charge in [0, 0.05) is 23.7 Å². The molecular formula is C17H17N5O2S. The first-order valence-corrected chi connectivity index (χ1v) is 8.60. The van der Waals surface area contributed by atoms with Gasteiger partial charge in [0.25, 0.3) is 5.22 Å². The summed E-state index contributed by atoms with van der Waals surface area (Å²) in [6.07, 6.45) is 3.77. The summed E-state index contributed by atoms with van der Waals surface area (Å²) in [6, 6.07) is 10.8. The van der Waals surface area contributed by atoms with Gasteiger partial charge < -0.3 is 15.9 Å². The molecule has 25 heavy (non-hydrogen) atoms. The minimum absolute atomic E-state index is 0.417. The van der Waals surface area contributed by atoms with Gasteiger partial charge in [0.15, 0.2) is 0 Å². The molecule has 0 radical (unpaired) electrons. The molecule has 4 N–H and O–H groups in total. The first-order valence-electron chi connectivity index (χ1n) is 7.61. The number of nitrogens with two attached hydrogens (primary N) is 2. The van der Waals surface area contributed by atoms with Crippen LogP contribution in [0.1, 0.15) is 11.1 Å². The molecule has 1 atom stereocenters. The van der Waals surface area contributed by atoms with Gasteiger partial charge in [-0.25, -0.2) is 0 Å². The molecule has 1 unspecified atom stereocenters. The van der Waals surface area contributed by atoms with Gasteiger partial charge in [0.05, 0.1) is 6.04 Å². The lowest BCUT2D eigenvalue weighted by atomic mass is 10.0. The summed E-state index contributed by atoms with van der Waals surface area (Å²) in [5.41, 5.74) is 13.8. The molecule has 0 aliphatic carbocycles. The van der Waals surface area contributed by atoms with E-state index >= 15 is 0 Å². The van der Waals surface area contributed by atoms with Gasteiger partial charge in [-0.1, -0.05) is 36.0 Å². The van der Waals surface area contributed by atoms with Crippen LogP contribution in [-0.4, -0.2) is 27.1 Å². The van der Waals surface area contributed by atoms with Gasteiger partial charge in [0.2, 0.25) is 11.8 Å². The smallest absolute Gasteiger partial charge is 0.277 e. The van der Waals surface area contributed by atoms with Crippen LogP contribution in [0.4, 0.5) is 0 Å². The highest BCUT2D eigenvalue weighted by Crippen LogP contribution is 2.25. The molecule has 3 rings (SSSR count). The number of amides is 1. The Labute approximate surface area is 148 Å². The van der Waals surface area contributed by atoms with Crippen molar-refractivity contribution in [3.8, 4) is 11.5 Å². The van der Waals surface area contributed by atoms with Crippen molar-refractivity contribution in [1.82, 2.24) is 15.2 Å². The zero-order valence-corrected chi connectivity index (χ0v) is 14.1. The highest BCUT2D eigenvalue weighted by molar-refractivity contribution is 7.98. The van der Waals surface area contributed by atoms with Crippen LogP contribution in [0, 0.1) is 0 Å². The van der Waals surface area contributed by atoms with Crippen molar-refractivity contribution in [3.63, 3.8) is 0 Å². The highest BCUT2D eigenvalue weighted by atomic mass is 32.2. The molecule has 0 fully saturated rings. The highest BCUT2D eigenvalue weighted by Gasteiger charge is 2.11. The van der Waals surface area contributed by atoms with E-state index in [-0.39, 0.29) is 0 Å². The summed E-state index contributed by atoms with van der Waals surface area (Å²) < 4.78 is 5.65. The Balaban J connectivity index is 1.62. The SMILES string of the molecule is NC(=O)C(N)Cc1cccc(CSc2nnc(-c3ccncc3)o2)c1. The standard InChI is InChI=1S/C17H17N5O2S/c18-14(15(19)23)9-11-2-1-3-12(8-11)10-25-17-22-21-16(24-17)13-4-6-20-7-5-13/h1-8,14H,9-10,18H2,(H2,19,23). The summed E-state index contributed by atoms with van der Waals surface area (Å²) in [4.78, 5) is 15.0. The number of thioether (sulfide) groups is 1. The zero-order chi connectivity index (χ0) is 17.6. The molecule has 0 saturated heterocycles. The number of hydrogen-bond donors (Lipinski definition) is 2. The normalized spacial score (nSPS) is 12.0. The lowest BCUT2D eigenvalue weighted by molar-refractivity contribution is -0.119. The molecule has 0 spiro atoms. The zero-order valence-electron chi connectivity index (χ0n) is 13.3. The maximum Gasteiger partial charge on any atom is 0.277 e. The Morgan fingerprint density at radius 2 is 1.92 bits per heavy atom. The van der Waals surface area contributed by atoms with Crippen molar-refractivity contribution in [2.45, 2.75) is 23.4 Å². The first kappa shape index (κ1) is 17.1. The average Bonchev–Trinajstić information content (AvgIpc) is 3.10. The topological polar surface area (TPSA) is 121 Å². The molecule has 3 aromatic rings. The van der Waals surface area contributed by atoms with E-state index in [0.29, 0.717) is 23.3 Å². The summed E-state index contributed by atoms with van der Waals surface area (Å²) >= 11 is 1.44. The van der Waals surface area contributed by atoms with Crippen LogP contribution >= 0.6 is 11.8 Å². The molecule has 0 aliphatic rings. The molecule has 0 aliphatic heterocycles. The maximum absolute atomic E-state index is 11.1. The molecule has 1 aromatic carbocycles. The Kier molecular flexibility index (Phi) is 5.42. The van der Waals surface area contributed by atoms with Crippen LogP contribution in [0.15, 0.2) is 58.4 Å². The third kappa shape index (κ3) is 4.65. The fourth-order valence-electron chi connectivity index (χ4n) is 2.23. The number of rotatable bonds is 7. The first-order chi connectivity index (χ1) is 12.1. The van der Waals surface area contributed by atoms with Crippen molar-refractivity contribution >= 4 is 17.7 Å². The van der Waals surface area contributed by atoms with E-state index in [1.807, 2.05) is 36.4 Å². The second-order valence-corrected chi connectivity index (χ2v) is 6.36. The van der Waals surface area contributed by atoms with Crippen LogP contribution in [0.5, 0.6) is 0 Å². The van der Waals surface area contributed by atoms with Gasteiger partial charge in [-0.15, -0.1) is 10.2 Å². The summed E-state index contributed by atoms with van der Waals surface area (Å²) in [5, 5.41) is 8.58. The summed E-state index contributed by atoms with van der Waals surface area (Å²) in [7, 11) is 0. The van der Waals surface area contributed by atoms with E-state index in [2.05, 4.69) is 15.2 Å². The maximum atomic E-state index is 11.1. The Morgan fingerprint density at radius 1 is 1.16 bits per heavy atom. The molecule has 0 saturated carbocycles. The monoisotopic (exact) mass is 355 g/mol. The molecule has 0 bridgehead atoms. The molecular weight excluding hydrogens is 338 g/mol. The van der Waals surface area contributed by atoms with Crippen LogP contribution < -0.4 is 11.5 Å². The second-order valence-electron chi connectivity index (χ2n) is 5.43. The third-order valence-corrected chi connectivity index (χ3v) is 4.40. The van der Waals surface area contributed by atoms with Crippen molar-refractivity contribution in [2.75, 3.05) is 0 Å². The van der Waals surface area contributed by atoms with E-state index in [1.165, 1.54) is 11.8 Å². The number of aromatic nitrogens is 3. The van der Waals surface area contributed by atoms with Crippen molar-refractivity contribution in [2.24, 2.45) is 11.5 Å². The van der Waals surface area contributed by atoms with Gasteiger partial charge >= 0.3 is 0 Å². The summed E-state index contributed by atoms with van der Waals surface area (Å²) in [6.45, 7) is 0. The minimum atomic E-state index is -0.679. The third-order valence-electron chi connectivity index (χ3n) is 3.51. The fourth-order valence-corrected chi connectivity index (χ4v) is 2.93. The average molecular weight is 355 g/mol. The lowest BCUT2D eigenvalue weighted by Gasteiger charge is -2.08. The van der Waals surface area contributed by atoms with Crippen molar-refractivity contribution in [1.29, 1.82) is 0 Å². The van der Waals surface area contributed by atoms with E-state index < -0.39 is 11.9 Å². The summed E-state index contributed by atoms with van der Waals surface area (Å²) in [5.74, 6) is 0.623. The van der Waals surface area contributed by atoms with Crippen LogP contribution in [0.2, 0.25) is 0 Å². The molecule has 1 amide bonds. The Bertz CT molecular complexity index is 853. The number of carbonyl (C=O) groups is 1. The largest absolute Gasteiger partial charge is 0.411 e. The predicted molar refractivity (Wildman–Crippen MR) is 94.4 cm³/mol. The van der Waals surface area contributed by atoms with Crippen LogP contribution in [0.3, 0.4) is 0 Å². The minimum Gasteiger partial charge on any atom is -0.411 e. The van der Waals surface area contributed by atoms with Crippen LogP contribution in [-0.2, 0) is 17.0 Å². The fraction of sp³-hybridized carbons (Fsp3) is 0.176. The predicted octanol–water partition coefficient (Wildman–Crippen LogP) is 1.78. The van der Waals surface area contributed by atoms with E-state index in [0.717, 1.165) is 16.7 Å². The number of pyridine rings is 1. The van der Waals surface area contributed by atoms with E-state index in [9.17, 15) is 4.79 Å². The van der Waals surface area contributed by atoms with Gasteiger partial charge in [-0.2, -0.15) is 0 Å². The molecule has 7 nitrogen and oxygen atoms in total. The molecule has 2 heterocycles. The number of nitrogens with zero attached hydrogens (tertiary/aromatic N) is 3. The molecule has 8 heteroatoms.